The highest BCUT2D eigenvalue weighted by molar-refractivity contribution is 5.98. The number of nitrogens with zero attached hydrogens (tertiary/aromatic N) is 1. The van der Waals surface area contributed by atoms with Gasteiger partial charge in [0.1, 0.15) is 11.6 Å². The van der Waals surface area contributed by atoms with E-state index in [1.807, 2.05) is 0 Å². The zero-order chi connectivity index (χ0) is 20.8. The second kappa shape index (κ2) is 6.86. The number of nitrogens with one attached hydrogen (secondary N) is 1. The van der Waals surface area contributed by atoms with E-state index in [0.29, 0.717) is 12.0 Å². The van der Waals surface area contributed by atoms with Crippen molar-refractivity contribution >= 4 is 18.0 Å². The second-order valence-corrected chi connectivity index (χ2v) is 7.52. The quantitative estimate of drug-likeness (QED) is 0.608. The van der Waals surface area contributed by atoms with Crippen molar-refractivity contribution in [2.24, 2.45) is 0 Å². The van der Waals surface area contributed by atoms with Gasteiger partial charge >= 0.3 is 0 Å². The summed E-state index contributed by atoms with van der Waals surface area (Å²) >= 11 is 0. The lowest BCUT2D eigenvalue weighted by Crippen LogP contribution is -2.60. The van der Waals surface area contributed by atoms with Gasteiger partial charge in [-0.05, 0) is 36.1 Å². The Hall–Kier alpha value is -2.90. The average molecular weight is 406 g/mol. The van der Waals surface area contributed by atoms with Crippen LogP contribution >= 0.6 is 0 Å². The summed E-state index contributed by atoms with van der Waals surface area (Å²) in [5.74, 6) is -5.16. The third-order valence-corrected chi connectivity index (χ3v) is 5.70. The summed E-state index contributed by atoms with van der Waals surface area (Å²) < 4.78 is 54.8. The number of fused-ring (bicyclic) bond motifs is 1. The third kappa shape index (κ3) is 3.16. The fourth-order valence-corrected chi connectivity index (χ4v) is 4.28. The van der Waals surface area contributed by atoms with Gasteiger partial charge in [0.15, 0.2) is 5.54 Å². The van der Waals surface area contributed by atoms with E-state index in [0.717, 1.165) is 28.7 Å². The first-order chi connectivity index (χ1) is 13.8. The number of amides is 2. The van der Waals surface area contributed by atoms with E-state index in [9.17, 15) is 27.2 Å². The third-order valence-electron chi connectivity index (χ3n) is 5.70. The van der Waals surface area contributed by atoms with Gasteiger partial charge in [0.25, 0.3) is 11.8 Å². The SMILES string of the molecule is O=CN(c1cc(F)ccc1F)C1(C(=O)NC2CC(F)(F)C2)CCc2ccccc21. The fourth-order valence-electron chi connectivity index (χ4n) is 4.28. The van der Waals surface area contributed by atoms with Crippen LogP contribution in [0.1, 0.15) is 30.4 Å². The molecule has 4 rings (SSSR count). The average Bonchev–Trinajstić information content (AvgIpc) is 3.04. The molecule has 0 radical (unpaired) electrons. The molecule has 8 heteroatoms. The number of rotatable bonds is 5. The molecule has 1 saturated carbocycles. The Morgan fingerprint density at radius 1 is 1.14 bits per heavy atom. The van der Waals surface area contributed by atoms with E-state index in [4.69, 9.17) is 0 Å². The van der Waals surface area contributed by atoms with Crippen molar-refractivity contribution in [1.29, 1.82) is 0 Å². The molecule has 0 heterocycles. The molecule has 0 aromatic heterocycles. The van der Waals surface area contributed by atoms with Crippen LogP contribution in [0.2, 0.25) is 0 Å². The molecular weight excluding hydrogens is 388 g/mol. The van der Waals surface area contributed by atoms with E-state index >= 15 is 0 Å². The van der Waals surface area contributed by atoms with Crippen molar-refractivity contribution in [3.8, 4) is 0 Å². The highest BCUT2D eigenvalue weighted by atomic mass is 19.3. The Morgan fingerprint density at radius 3 is 2.55 bits per heavy atom. The van der Waals surface area contributed by atoms with E-state index in [2.05, 4.69) is 5.32 Å². The summed E-state index contributed by atoms with van der Waals surface area (Å²) in [5, 5.41) is 2.58. The minimum atomic E-state index is -2.84. The second-order valence-electron chi connectivity index (χ2n) is 7.52. The maximum Gasteiger partial charge on any atom is 0.252 e. The fraction of sp³-hybridized carbons (Fsp3) is 0.333. The van der Waals surface area contributed by atoms with Gasteiger partial charge in [-0.1, -0.05) is 24.3 Å². The molecule has 29 heavy (non-hydrogen) atoms. The number of alkyl halides is 2. The molecule has 2 aliphatic rings. The molecule has 0 saturated heterocycles. The van der Waals surface area contributed by atoms with Crippen LogP contribution in [-0.2, 0) is 21.5 Å². The van der Waals surface area contributed by atoms with Crippen molar-refractivity contribution < 1.29 is 27.2 Å². The van der Waals surface area contributed by atoms with Crippen LogP contribution in [0.15, 0.2) is 42.5 Å². The highest BCUT2D eigenvalue weighted by Crippen LogP contribution is 2.45. The molecule has 4 nitrogen and oxygen atoms in total. The highest BCUT2D eigenvalue weighted by Gasteiger charge is 2.53. The lowest BCUT2D eigenvalue weighted by atomic mass is 9.84. The number of anilines is 1. The summed E-state index contributed by atoms with van der Waals surface area (Å²) in [6, 6.07) is 8.76. The predicted octanol–water partition coefficient (Wildman–Crippen LogP) is 3.68. The topological polar surface area (TPSA) is 49.4 Å². The summed E-state index contributed by atoms with van der Waals surface area (Å²) in [7, 11) is 0. The van der Waals surface area contributed by atoms with Crippen LogP contribution < -0.4 is 10.2 Å². The lowest BCUT2D eigenvalue weighted by molar-refractivity contribution is -0.135. The summed E-state index contributed by atoms with van der Waals surface area (Å²) in [6.45, 7) is 0. The predicted molar refractivity (Wildman–Crippen MR) is 97.5 cm³/mol. The molecule has 2 amide bonds. The minimum absolute atomic E-state index is 0.121. The number of benzene rings is 2. The van der Waals surface area contributed by atoms with Crippen LogP contribution in [0, 0.1) is 11.6 Å². The Morgan fingerprint density at radius 2 is 1.86 bits per heavy atom. The first-order valence-corrected chi connectivity index (χ1v) is 9.24. The Balaban J connectivity index is 1.80. The number of carbonyl (C=O) groups excluding carboxylic acids is 2. The number of aryl methyl sites for hydroxylation is 1. The van der Waals surface area contributed by atoms with Crippen LogP contribution in [0.4, 0.5) is 23.2 Å². The molecule has 1 N–H and O–H groups in total. The Bertz CT molecular complexity index is 973. The molecule has 1 atom stereocenters. The molecule has 0 aliphatic heterocycles. The zero-order valence-corrected chi connectivity index (χ0v) is 15.3. The molecule has 1 fully saturated rings. The van der Waals surface area contributed by atoms with Gasteiger partial charge in [-0.15, -0.1) is 0 Å². The molecule has 2 aliphatic carbocycles. The van der Waals surface area contributed by atoms with Crippen LogP contribution in [0.3, 0.4) is 0 Å². The van der Waals surface area contributed by atoms with Crippen molar-refractivity contribution in [3.05, 3.63) is 65.2 Å². The molecule has 2 aromatic rings. The molecule has 2 aromatic carbocycles. The number of hydrogen-bond acceptors (Lipinski definition) is 2. The van der Waals surface area contributed by atoms with E-state index in [-0.39, 0.29) is 18.5 Å². The molecule has 0 bridgehead atoms. The lowest BCUT2D eigenvalue weighted by Gasteiger charge is -2.42. The molecule has 0 spiro atoms. The van der Waals surface area contributed by atoms with Gasteiger partial charge in [-0.2, -0.15) is 0 Å². The Kier molecular flexibility index (Phi) is 4.59. The normalized spacial score (nSPS) is 22.5. The maximum absolute atomic E-state index is 14.5. The zero-order valence-electron chi connectivity index (χ0n) is 15.3. The van der Waals surface area contributed by atoms with Gasteiger partial charge < -0.3 is 5.32 Å². The van der Waals surface area contributed by atoms with Gasteiger partial charge in [0.2, 0.25) is 6.41 Å². The van der Waals surface area contributed by atoms with E-state index in [1.54, 1.807) is 24.3 Å². The molecule has 152 valence electrons. The largest absolute Gasteiger partial charge is 0.351 e. The van der Waals surface area contributed by atoms with Crippen LogP contribution in [0.25, 0.3) is 0 Å². The van der Waals surface area contributed by atoms with Gasteiger partial charge in [0.05, 0.1) is 5.69 Å². The maximum atomic E-state index is 14.5. The van der Waals surface area contributed by atoms with Crippen LogP contribution in [-0.4, -0.2) is 24.3 Å². The summed E-state index contributed by atoms with van der Waals surface area (Å²) in [5.41, 5.74) is -0.784. The number of halogens is 4. The van der Waals surface area contributed by atoms with Gasteiger partial charge in [0, 0.05) is 24.9 Å². The summed E-state index contributed by atoms with van der Waals surface area (Å²) in [4.78, 5) is 26.3. The monoisotopic (exact) mass is 406 g/mol. The van der Waals surface area contributed by atoms with E-state index in [1.165, 1.54) is 0 Å². The minimum Gasteiger partial charge on any atom is -0.351 e. The summed E-state index contributed by atoms with van der Waals surface area (Å²) in [6.07, 6.45) is -0.158. The van der Waals surface area contributed by atoms with Crippen molar-refractivity contribution in [1.82, 2.24) is 5.32 Å². The first kappa shape index (κ1) is 19.4. The molecule has 1 unspecified atom stereocenters. The molecular formula is C21H18F4N2O2. The number of carbonyl (C=O) groups is 2. The number of hydrogen-bond donors (Lipinski definition) is 1. The van der Waals surface area contributed by atoms with Crippen LogP contribution in [0.5, 0.6) is 0 Å². The van der Waals surface area contributed by atoms with E-state index < -0.39 is 47.9 Å². The van der Waals surface area contributed by atoms with Gasteiger partial charge in [-0.3, -0.25) is 14.5 Å². The Labute approximate surface area is 164 Å². The standard InChI is InChI=1S/C21H18F4N2O2/c22-14-5-6-17(23)18(9-14)27(12-28)21(8-7-13-3-1-2-4-16(13)21)19(29)26-15-10-20(24,25)11-15/h1-6,9,12,15H,7-8,10-11H2,(H,26,29). The first-order valence-electron chi connectivity index (χ1n) is 9.24. The van der Waals surface area contributed by atoms with Crippen molar-refractivity contribution in [3.63, 3.8) is 0 Å². The smallest absolute Gasteiger partial charge is 0.252 e. The van der Waals surface area contributed by atoms with Crippen molar-refractivity contribution in [2.45, 2.75) is 43.2 Å². The van der Waals surface area contributed by atoms with Crippen molar-refractivity contribution in [2.75, 3.05) is 4.90 Å². The van der Waals surface area contributed by atoms with Gasteiger partial charge in [-0.25, -0.2) is 17.6 Å².